The predicted octanol–water partition coefficient (Wildman–Crippen LogP) is 3.74. The van der Waals surface area contributed by atoms with Crippen molar-refractivity contribution in [2.75, 3.05) is 0 Å². The molecule has 0 spiro atoms. The molecule has 2 fully saturated rings. The van der Waals surface area contributed by atoms with Gasteiger partial charge in [0.15, 0.2) is 0 Å². The molecule has 1 atom stereocenters. The Bertz CT molecular complexity index is 523. The van der Waals surface area contributed by atoms with Gasteiger partial charge in [0, 0.05) is 17.7 Å². The van der Waals surface area contributed by atoms with Crippen LogP contribution in [-0.2, 0) is 11.4 Å². The quantitative estimate of drug-likeness (QED) is 0.549. The second-order valence-electron chi connectivity index (χ2n) is 7.09. The normalized spacial score (nSPS) is 24.5. The first-order chi connectivity index (χ1) is 11.8. The summed E-state index contributed by atoms with van der Waals surface area (Å²) in [5.41, 5.74) is 12.0. The first kappa shape index (κ1) is 17.3. The third-order valence-corrected chi connectivity index (χ3v) is 5.18. The zero-order valence-electron chi connectivity index (χ0n) is 14.6. The van der Waals surface area contributed by atoms with Gasteiger partial charge in [0.25, 0.3) is 0 Å². The van der Waals surface area contributed by atoms with Gasteiger partial charge in [0.2, 0.25) is 5.88 Å². The van der Waals surface area contributed by atoms with Crippen LogP contribution >= 0.6 is 0 Å². The van der Waals surface area contributed by atoms with E-state index in [-0.39, 0.29) is 6.04 Å². The minimum Gasteiger partial charge on any atom is -0.390 e. The zero-order chi connectivity index (χ0) is 16.6. The van der Waals surface area contributed by atoms with E-state index >= 15 is 0 Å². The zero-order valence-corrected chi connectivity index (χ0v) is 14.6. The minimum absolute atomic E-state index is 0.128. The van der Waals surface area contributed by atoms with Gasteiger partial charge in [0.05, 0.1) is 6.54 Å². The Morgan fingerprint density at radius 1 is 1.00 bits per heavy atom. The van der Waals surface area contributed by atoms with Crippen LogP contribution in [0, 0.1) is 0 Å². The standard InChI is InChI=1S/C20H31N3O/c21-19-14-8-7-13-18(19)20(23-17-11-5-2-6-12-17)24-22-15-16-9-3-1-4-10-16/h1,3-4,9-10,17,19,22-23H,2,5-8,11-15,21H2/b20-18+. The molecule has 1 unspecified atom stereocenters. The maximum absolute atomic E-state index is 6.36. The van der Waals surface area contributed by atoms with Crippen LogP contribution in [0.1, 0.15) is 63.4 Å². The van der Waals surface area contributed by atoms with Crippen LogP contribution < -0.4 is 16.5 Å². The van der Waals surface area contributed by atoms with Crippen molar-refractivity contribution in [2.45, 2.75) is 76.4 Å². The molecule has 0 heterocycles. The van der Waals surface area contributed by atoms with Gasteiger partial charge >= 0.3 is 0 Å². The molecule has 0 saturated heterocycles. The number of hydrogen-bond donors (Lipinski definition) is 3. The molecule has 2 aliphatic rings. The van der Waals surface area contributed by atoms with Crippen molar-refractivity contribution in [1.29, 1.82) is 0 Å². The van der Waals surface area contributed by atoms with E-state index in [0.29, 0.717) is 12.6 Å². The Kier molecular flexibility index (Phi) is 6.56. The number of hydroxylamine groups is 1. The Morgan fingerprint density at radius 2 is 1.75 bits per heavy atom. The van der Waals surface area contributed by atoms with Gasteiger partial charge in [0.1, 0.15) is 0 Å². The van der Waals surface area contributed by atoms with Crippen LogP contribution in [0.2, 0.25) is 0 Å². The molecule has 2 saturated carbocycles. The van der Waals surface area contributed by atoms with E-state index in [1.165, 1.54) is 56.1 Å². The monoisotopic (exact) mass is 329 g/mol. The van der Waals surface area contributed by atoms with E-state index in [2.05, 4.69) is 22.9 Å². The SMILES string of the molecule is NC1CCCC/C1=C(/NC1CCCCC1)ONCc1ccccc1. The van der Waals surface area contributed by atoms with E-state index in [9.17, 15) is 0 Å². The van der Waals surface area contributed by atoms with Crippen LogP contribution in [0.5, 0.6) is 0 Å². The molecular formula is C20H31N3O. The Hall–Kier alpha value is -1.52. The van der Waals surface area contributed by atoms with Crippen molar-refractivity contribution < 1.29 is 4.84 Å². The Labute approximate surface area is 145 Å². The van der Waals surface area contributed by atoms with Crippen molar-refractivity contribution >= 4 is 0 Å². The molecule has 3 rings (SSSR count). The third-order valence-electron chi connectivity index (χ3n) is 5.18. The second-order valence-corrected chi connectivity index (χ2v) is 7.09. The van der Waals surface area contributed by atoms with Gasteiger partial charge in [-0.25, -0.2) is 0 Å². The summed E-state index contributed by atoms with van der Waals surface area (Å²) in [6, 6.07) is 11.0. The fourth-order valence-corrected chi connectivity index (χ4v) is 3.73. The lowest BCUT2D eigenvalue weighted by Gasteiger charge is -2.29. The summed E-state index contributed by atoms with van der Waals surface area (Å²) >= 11 is 0. The van der Waals surface area contributed by atoms with Crippen LogP contribution in [0.4, 0.5) is 0 Å². The van der Waals surface area contributed by atoms with Crippen LogP contribution in [0.3, 0.4) is 0 Å². The maximum atomic E-state index is 6.36. The molecule has 4 nitrogen and oxygen atoms in total. The van der Waals surface area contributed by atoms with E-state index in [0.717, 1.165) is 18.7 Å². The predicted molar refractivity (Wildman–Crippen MR) is 97.8 cm³/mol. The van der Waals surface area contributed by atoms with E-state index < -0.39 is 0 Å². The summed E-state index contributed by atoms with van der Waals surface area (Å²) in [6.45, 7) is 0.694. The maximum Gasteiger partial charge on any atom is 0.212 e. The van der Waals surface area contributed by atoms with Crippen molar-refractivity contribution in [3.8, 4) is 0 Å². The molecule has 132 valence electrons. The lowest BCUT2D eigenvalue weighted by atomic mass is 9.90. The number of benzene rings is 1. The fourth-order valence-electron chi connectivity index (χ4n) is 3.73. The first-order valence-electron chi connectivity index (χ1n) is 9.52. The van der Waals surface area contributed by atoms with E-state index in [1.807, 2.05) is 18.2 Å². The fraction of sp³-hybridized carbons (Fsp3) is 0.600. The number of hydrogen-bond acceptors (Lipinski definition) is 4. The largest absolute Gasteiger partial charge is 0.390 e. The van der Waals surface area contributed by atoms with Gasteiger partial charge < -0.3 is 15.9 Å². The van der Waals surface area contributed by atoms with Gasteiger partial charge in [-0.2, -0.15) is 5.48 Å². The smallest absolute Gasteiger partial charge is 0.212 e. The molecule has 4 heteroatoms. The number of nitrogens with two attached hydrogens (primary N) is 1. The number of rotatable bonds is 6. The Balaban J connectivity index is 1.63. The Morgan fingerprint density at radius 3 is 2.50 bits per heavy atom. The molecule has 0 bridgehead atoms. The summed E-state index contributed by atoms with van der Waals surface area (Å²) in [5.74, 6) is 0.894. The molecule has 4 N–H and O–H groups in total. The average Bonchev–Trinajstić information content (AvgIpc) is 2.63. The van der Waals surface area contributed by atoms with Gasteiger partial charge in [-0.15, -0.1) is 0 Å². The summed E-state index contributed by atoms with van der Waals surface area (Å²) in [6.07, 6.45) is 11.0. The second kappa shape index (κ2) is 9.09. The highest BCUT2D eigenvalue weighted by molar-refractivity contribution is 5.17. The highest BCUT2D eigenvalue weighted by Crippen LogP contribution is 2.26. The van der Waals surface area contributed by atoms with Gasteiger partial charge in [-0.3, -0.25) is 0 Å². The van der Waals surface area contributed by atoms with Gasteiger partial charge in [-0.1, -0.05) is 56.0 Å². The molecule has 1 aromatic rings. The minimum atomic E-state index is 0.128. The summed E-state index contributed by atoms with van der Waals surface area (Å²) in [7, 11) is 0. The first-order valence-corrected chi connectivity index (χ1v) is 9.52. The topological polar surface area (TPSA) is 59.3 Å². The van der Waals surface area contributed by atoms with E-state index in [1.54, 1.807) is 0 Å². The summed E-state index contributed by atoms with van der Waals surface area (Å²) in [4.78, 5) is 6.00. The van der Waals surface area contributed by atoms with Crippen LogP contribution in [0.15, 0.2) is 41.8 Å². The van der Waals surface area contributed by atoms with Crippen LogP contribution in [-0.4, -0.2) is 12.1 Å². The number of nitrogens with one attached hydrogen (secondary N) is 2. The van der Waals surface area contributed by atoms with Crippen LogP contribution in [0.25, 0.3) is 0 Å². The molecule has 0 aromatic heterocycles. The lowest BCUT2D eigenvalue weighted by molar-refractivity contribution is 0.0735. The van der Waals surface area contributed by atoms with Crippen molar-refractivity contribution in [1.82, 2.24) is 10.8 Å². The molecule has 0 radical (unpaired) electrons. The summed E-state index contributed by atoms with van der Waals surface area (Å²) in [5, 5.41) is 3.66. The van der Waals surface area contributed by atoms with Gasteiger partial charge in [-0.05, 0) is 37.7 Å². The molecule has 2 aliphatic carbocycles. The molecular weight excluding hydrogens is 298 g/mol. The molecule has 0 aliphatic heterocycles. The molecule has 0 amide bonds. The third kappa shape index (κ3) is 4.99. The molecule has 24 heavy (non-hydrogen) atoms. The molecule has 1 aromatic carbocycles. The van der Waals surface area contributed by atoms with Crippen molar-refractivity contribution in [3.63, 3.8) is 0 Å². The lowest BCUT2D eigenvalue weighted by Crippen LogP contribution is -2.38. The highest BCUT2D eigenvalue weighted by Gasteiger charge is 2.23. The van der Waals surface area contributed by atoms with E-state index in [4.69, 9.17) is 10.6 Å². The highest BCUT2D eigenvalue weighted by atomic mass is 16.7. The van der Waals surface area contributed by atoms with Crippen molar-refractivity contribution in [2.24, 2.45) is 5.73 Å². The average molecular weight is 329 g/mol. The van der Waals surface area contributed by atoms with Crippen molar-refractivity contribution in [3.05, 3.63) is 47.4 Å². The summed E-state index contributed by atoms with van der Waals surface area (Å²) < 4.78 is 0.